The number of rotatable bonds is 6. The molecule has 1 aromatic heterocycles. The van der Waals surface area contributed by atoms with Crippen LogP contribution in [0, 0.1) is 19.8 Å². The molecule has 0 unspecified atom stereocenters. The molecule has 0 spiro atoms. The number of anilines is 1. The molecule has 2 heterocycles. The van der Waals surface area contributed by atoms with Gasteiger partial charge < -0.3 is 4.90 Å². The van der Waals surface area contributed by atoms with Crippen molar-refractivity contribution >= 4 is 5.69 Å². The zero-order valence-corrected chi connectivity index (χ0v) is 18.5. The highest BCUT2D eigenvalue weighted by Crippen LogP contribution is 2.30. The van der Waals surface area contributed by atoms with E-state index in [4.69, 9.17) is 0 Å². The van der Waals surface area contributed by atoms with Gasteiger partial charge in [-0.3, -0.25) is 4.90 Å². The number of benzene rings is 2. The van der Waals surface area contributed by atoms with Gasteiger partial charge in [-0.05, 0) is 52.9 Å². The van der Waals surface area contributed by atoms with Crippen molar-refractivity contribution in [1.29, 1.82) is 0 Å². The lowest BCUT2D eigenvalue weighted by Gasteiger charge is -2.41. The van der Waals surface area contributed by atoms with Crippen LogP contribution >= 0.6 is 0 Å². The zero-order valence-electron chi connectivity index (χ0n) is 18.5. The minimum absolute atomic E-state index is 0.212. The molecule has 6 nitrogen and oxygen atoms in total. The van der Waals surface area contributed by atoms with Gasteiger partial charge in [0.15, 0.2) is 5.82 Å². The van der Waals surface area contributed by atoms with Gasteiger partial charge in [0.05, 0.1) is 12.6 Å². The molecule has 0 bridgehead atoms. The van der Waals surface area contributed by atoms with Crippen LogP contribution in [0.5, 0.6) is 0 Å². The molecule has 0 radical (unpaired) electrons. The summed E-state index contributed by atoms with van der Waals surface area (Å²) in [4.78, 5) is 5.07. The number of hydrogen-bond donors (Lipinski definition) is 0. The van der Waals surface area contributed by atoms with Crippen LogP contribution in [0.2, 0.25) is 0 Å². The highest BCUT2D eigenvalue weighted by Gasteiger charge is 2.31. The quantitative estimate of drug-likeness (QED) is 0.624. The van der Waals surface area contributed by atoms with Gasteiger partial charge >= 0.3 is 0 Å². The Morgan fingerprint density at radius 2 is 1.63 bits per heavy atom. The molecule has 1 aliphatic rings. The number of tetrazole rings is 1. The second kappa shape index (κ2) is 8.96. The first-order valence-corrected chi connectivity index (χ1v) is 10.9. The molecule has 0 amide bonds. The Hall–Kier alpha value is -2.73. The van der Waals surface area contributed by atoms with E-state index >= 15 is 0 Å². The Bertz CT molecular complexity index is 957. The summed E-state index contributed by atoms with van der Waals surface area (Å²) in [5.41, 5.74) is 5.33. The van der Waals surface area contributed by atoms with Gasteiger partial charge in [-0.1, -0.05) is 56.3 Å². The molecule has 6 heteroatoms. The molecular formula is C24H32N6. The number of aromatic nitrogens is 4. The van der Waals surface area contributed by atoms with E-state index < -0.39 is 0 Å². The third-order valence-corrected chi connectivity index (χ3v) is 6.26. The second-order valence-electron chi connectivity index (χ2n) is 8.61. The first-order chi connectivity index (χ1) is 14.5. The van der Waals surface area contributed by atoms with E-state index in [0.717, 1.165) is 32.0 Å². The molecule has 30 heavy (non-hydrogen) atoms. The summed E-state index contributed by atoms with van der Waals surface area (Å²) in [6, 6.07) is 17.2. The van der Waals surface area contributed by atoms with Crippen LogP contribution in [0.3, 0.4) is 0 Å². The molecule has 3 aromatic rings. The maximum absolute atomic E-state index is 4.46. The van der Waals surface area contributed by atoms with E-state index in [2.05, 4.69) is 95.5 Å². The van der Waals surface area contributed by atoms with Crippen LogP contribution in [0.4, 0.5) is 5.69 Å². The predicted octanol–water partition coefficient (Wildman–Crippen LogP) is 3.86. The molecule has 0 N–H and O–H groups in total. The summed E-state index contributed by atoms with van der Waals surface area (Å²) in [6.07, 6.45) is 0. The van der Waals surface area contributed by atoms with Crippen LogP contribution in [-0.4, -0.2) is 51.3 Å². The van der Waals surface area contributed by atoms with E-state index in [1.807, 2.05) is 10.7 Å². The Morgan fingerprint density at radius 3 is 2.33 bits per heavy atom. The fourth-order valence-corrected chi connectivity index (χ4v) is 4.49. The van der Waals surface area contributed by atoms with E-state index in [1.54, 1.807) is 0 Å². The highest BCUT2D eigenvalue weighted by molar-refractivity contribution is 5.56. The molecule has 0 saturated carbocycles. The largest absolute Gasteiger partial charge is 0.369 e. The summed E-state index contributed by atoms with van der Waals surface area (Å²) >= 11 is 0. The van der Waals surface area contributed by atoms with Crippen LogP contribution < -0.4 is 4.90 Å². The van der Waals surface area contributed by atoms with E-state index in [9.17, 15) is 0 Å². The van der Waals surface area contributed by atoms with Crippen LogP contribution in [0.15, 0.2) is 48.5 Å². The Labute approximate surface area is 179 Å². The molecule has 0 aliphatic carbocycles. The Morgan fingerprint density at radius 1 is 0.900 bits per heavy atom. The van der Waals surface area contributed by atoms with E-state index in [-0.39, 0.29) is 6.04 Å². The third kappa shape index (κ3) is 4.24. The Kier molecular flexibility index (Phi) is 6.13. The van der Waals surface area contributed by atoms with Crippen molar-refractivity contribution in [2.45, 2.75) is 40.3 Å². The second-order valence-corrected chi connectivity index (χ2v) is 8.61. The summed E-state index contributed by atoms with van der Waals surface area (Å²) in [6.45, 7) is 13.7. The minimum atomic E-state index is 0.212. The number of aryl methyl sites for hydroxylation is 1. The maximum atomic E-state index is 4.46. The van der Waals surface area contributed by atoms with Crippen molar-refractivity contribution in [3.8, 4) is 0 Å². The number of nitrogens with zero attached hydrogens (tertiary/aromatic N) is 6. The topological polar surface area (TPSA) is 50.1 Å². The van der Waals surface area contributed by atoms with Crippen LogP contribution in [-0.2, 0) is 6.54 Å². The van der Waals surface area contributed by atoms with Crippen LogP contribution in [0.25, 0.3) is 0 Å². The van der Waals surface area contributed by atoms with E-state index in [0.29, 0.717) is 12.5 Å². The molecule has 4 rings (SSSR count). The van der Waals surface area contributed by atoms with Crippen molar-refractivity contribution in [2.75, 3.05) is 31.1 Å². The summed E-state index contributed by atoms with van der Waals surface area (Å²) < 4.78 is 1.97. The summed E-state index contributed by atoms with van der Waals surface area (Å²) in [5, 5.41) is 12.8. The lowest BCUT2D eigenvalue weighted by Crippen LogP contribution is -2.49. The molecule has 2 aromatic carbocycles. The SMILES string of the molecule is Cc1cccc(N2CCN([C@@H](c3nnnn3Cc3ccccc3)C(C)C)CC2)c1C. The van der Waals surface area contributed by atoms with Gasteiger partial charge in [0.1, 0.15) is 0 Å². The maximum Gasteiger partial charge on any atom is 0.169 e. The minimum Gasteiger partial charge on any atom is -0.369 e. The van der Waals surface area contributed by atoms with Crippen molar-refractivity contribution < 1.29 is 0 Å². The van der Waals surface area contributed by atoms with Gasteiger partial charge in [-0.2, -0.15) is 0 Å². The molecule has 1 aliphatic heterocycles. The molecular weight excluding hydrogens is 372 g/mol. The van der Waals surface area contributed by atoms with Gasteiger partial charge in [-0.15, -0.1) is 5.10 Å². The van der Waals surface area contributed by atoms with E-state index in [1.165, 1.54) is 22.4 Å². The number of hydrogen-bond acceptors (Lipinski definition) is 5. The van der Waals surface area contributed by atoms with Crippen molar-refractivity contribution in [3.05, 3.63) is 71.0 Å². The first kappa shape index (κ1) is 20.5. The van der Waals surface area contributed by atoms with Gasteiger partial charge in [0, 0.05) is 31.9 Å². The number of piperazine rings is 1. The molecule has 158 valence electrons. The third-order valence-electron chi connectivity index (χ3n) is 6.26. The Balaban J connectivity index is 1.50. The molecule has 1 saturated heterocycles. The zero-order chi connectivity index (χ0) is 21.1. The standard InChI is InChI=1S/C24H32N6/c1-18(2)23(24-25-26-27-30(24)17-21-10-6-5-7-11-21)29-15-13-28(14-16-29)22-12-8-9-19(3)20(22)4/h5-12,18,23H,13-17H2,1-4H3/t23-/m1/s1. The summed E-state index contributed by atoms with van der Waals surface area (Å²) in [7, 11) is 0. The fourth-order valence-electron chi connectivity index (χ4n) is 4.49. The van der Waals surface area contributed by atoms with Gasteiger partial charge in [-0.25, -0.2) is 4.68 Å². The van der Waals surface area contributed by atoms with Crippen LogP contribution in [0.1, 0.15) is 42.4 Å². The average molecular weight is 405 g/mol. The smallest absolute Gasteiger partial charge is 0.169 e. The monoisotopic (exact) mass is 404 g/mol. The van der Waals surface area contributed by atoms with Crippen molar-refractivity contribution in [1.82, 2.24) is 25.1 Å². The molecule has 1 atom stereocenters. The lowest BCUT2D eigenvalue weighted by molar-refractivity contribution is 0.135. The van der Waals surface area contributed by atoms with Gasteiger partial charge in [0.2, 0.25) is 0 Å². The normalized spacial score (nSPS) is 16.2. The first-order valence-electron chi connectivity index (χ1n) is 10.9. The van der Waals surface area contributed by atoms with Crippen molar-refractivity contribution in [2.24, 2.45) is 5.92 Å². The lowest BCUT2D eigenvalue weighted by atomic mass is 10.00. The van der Waals surface area contributed by atoms with Gasteiger partial charge in [0.25, 0.3) is 0 Å². The predicted molar refractivity (Wildman–Crippen MR) is 121 cm³/mol. The summed E-state index contributed by atoms with van der Waals surface area (Å²) in [5.74, 6) is 1.40. The molecule has 1 fully saturated rings. The highest BCUT2D eigenvalue weighted by atomic mass is 15.6. The average Bonchev–Trinajstić information content (AvgIpc) is 3.19. The fraction of sp³-hybridized carbons (Fsp3) is 0.458. The van der Waals surface area contributed by atoms with Crippen molar-refractivity contribution in [3.63, 3.8) is 0 Å².